The van der Waals surface area contributed by atoms with Gasteiger partial charge in [-0.2, -0.15) is 5.26 Å². The van der Waals surface area contributed by atoms with E-state index in [1.165, 1.54) is 11.0 Å². The highest BCUT2D eigenvalue weighted by Gasteiger charge is 2.15. The van der Waals surface area contributed by atoms with Crippen LogP contribution in [0, 0.1) is 11.3 Å². The number of carbonyl (C=O) groups excluding carboxylic acids is 1. The minimum atomic E-state index is -0.487. The van der Waals surface area contributed by atoms with Crippen LogP contribution in [-0.4, -0.2) is 27.2 Å². The second-order valence-corrected chi connectivity index (χ2v) is 2.87. The molecule has 0 saturated heterocycles. The quantitative estimate of drug-likeness (QED) is 0.702. The fourth-order valence-corrected chi connectivity index (χ4v) is 0.953. The fraction of sp³-hybridized carbons (Fsp3) is 0.333. The first-order valence-electron chi connectivity index (χ1n) is 4.39. The maximum Gasteiger partial charge on any atom is 0.252 e. The van der Waals surface area contributed by atoms with E-state index in [1.54, 1.807) is 19.1 Å². The Morgan fingerprint density at radius 2 is 2.67 bits per heavy atom. The molecule has 0 saturated carbocycles. The summed E-state index contributed by atoms with van der Waals surface area (Å²) in [5, 5.41) is 15.0. The molecule has 1 aromatic rings. The molecule has 6 heteroatoms. The average Bonchev–Trinajstić information content (AvgIpc) is 2.73. The monoisotopic (exact) mass is 205 g/mol. The zero-order valence-electron chi connectivity index (χ0n) is 8.34. The summed E-state index contributed by atoms with van der Waals surface area (Å²) in [7, 11) is 0. The van der Waals surface area contributed by atoms with E-state index in [2.05, 4.69) is 22.0 Å². The van der Waals surface area contributed by atoms with Crippen molar-refractivity contribution in [2.75, 3.05) is 6.54 Å². The van der Waals surface area contributed by atoms with E-state index < -0.39 is 6.04 Å². The third-order valence-corrected chi connectivity index (χ3v) is 1.81. The highest BCUT2D eigenvalue weighted by molar-refractivity contribution is 5.79. The van der Waals surface area contributed by atoms with Crippen molar-refractivity contribution in [2.45, 2.75) is 13.0 Å². The van der Waals surface area contributed by atoms with Crippen LogP contribution in [0.15, 0.2) is 19.0 Å². The molecule has 6 nitrogen and oxygen atoms in total. The largest absolute Gasteiger partial charge is 0.351 e. The number of amides is 1. The highest BCUT2D eigenvalue weighted by atomic mass is 16.2. The van der Waals surface area contributed by atoms with E-state index in [0.29, 0.717) is 6.54 Å². The van der Waals surface area contributed by atoms with Gasteiger partial charge in [0.05, 0.1) is 0 Å². The summed E-state index contributed by atoms with van der Waals surface area (Å²) < 4.78 is 1.34. The zero-order chi connectivity index (χ0) is 11.3. The van der Waals surface area contributed by atoms with Crippen LogP contribution in [0.1, 0.15) is 18.8 Å². The summed E-state index contributed by atoms with van der Waals surface area (Å²) in [5.41, 5.74) is 0. The van der Waals surface area contributed by atoms with Gasteiger partial charge >= 0.3 is 0 Å². The van der Waals surface area contributed by atoms with E-state index in [9.17, 15) is 4.79 Å². The Balaban J connectivity index is 2.67. The molecule has 0 aromatic carbocycles. The Labute approximate surface area is 87.2 Å². The molecule has 1 atom stereocenters. The third kappa shape index (κ3) is 2.64. The van der Waals surface area contributed by atoms with Gasteiger partial charge in [-0.15, -0.1) is 11.7 Å². The molecule has 0 aliphatic carbocycles. The minimum absolute atomic E-state index is 0.0540. The second kappa shape index (κ2) is 4.91. The topological polar surface area (TPSA) is 83.6 Å². The van der Waals surface area contributed by atoms with Crippen LogP contribution < -0.4 is 5.32 Å². The van der Waals surface area contributed by atoms with Gasteiger partial charge in [0.2, 0.25) is 5.91 Å². The van der Waals surface area contributed by atoms with Crippen LogP contribution >= 0.6 is 0 Å². The lowest BCUT2D eigenvalue weighted by Crippen LogP contribution is -2.31. The molecule has 0 spiro atoms. The van der Waals surface area contributed by atoms with E-state index in [1.807, 2.05) is 0 Å². The Morgan fingerprint density at radius 3 is 3.20 bits per heavy atom. The maximum atomic E-state index is 11.5. The molecule has 0 radical (unpaired) electrons. The van der Waals surface area contributed by atoms with Crippen molar-refractivity contribution in [3.05, 3.63) is 24.8 Å². The summed E-state index contributed by atoms with van der Waals surface area (Å²) in [6, 6.07) is 1.31. The van der Waals surface area contributed by atoms with Crippen molar-refractivity contribution in [1.29, 1.82) is 5.26 Å². The molecule has 1 amide bonds. The highest BCUT2D eigenvalue weighted by Crippen LogP contribution is 2.02. The number of nitriles is 1. The number of hydrogen-bond acceptors (Lipinski definition) is 4. The van der Waals surface area contributed by atoms with Crippen molar-refractivity contribution >= 4 is 5.91 Å². The van der Waals surface area contributed by atoms with Gasteiger partial charge in [0.25, 0.3) is 5.82 Å². The fourth-order valence-electron chi connectivity index (χ4n) is 0.953. The van der Waals surface area contributed by atoms with Gasteiger partial charge in [0.1, 0.15) is 18.4 Å². The van der Waals surface area contributed by atoms with Crippen LogP contribution in [0.5, 0.6) is 0 Å². The lowest BCUT2D eigenvalue weighted by Gasteiger charge is -2.10. The molecule has 1 rings (SSSR count). The number of aromatic nitrogens is 3. The lowest BCUT2D eigenvalue weighted by molar-refractivity contribution is -0.123. The Morgan fingerprint density at radius 1 is 1.93 bits per heavy atom. The van der Waals surface area contributed by atoms with Gasteiger partial charge in [-0.1, -0.05) is 6.08 Å². The first-order chi connectivity index (χ1) is 7.19. The predicted molar refractivity (Wildman–Crippen MR) is 52.7 cm³/mol. The third-order valence-electron chi connectivity index (χ3n) is 1.81. The molecule has 0 fully saturated rings. The number of nitrogens with one attached hydrogen (secondary N) is 1. The molecular formula is C9H11N5O. The summed E-state index contributed by atoms with van der Waals surface area (Å²) in [6.07, 6.45) is 2.95. The standard InChI is InChI=1S/C9H11N5O/c1-3-4-11-9(15)7(2)14-6-12-8(5-10)13-14/h3,6-7H,1,4H2,2H3,(H,11,15). The molecular weight excluding hydrogens is 194 g/mol. The van der Waals surface area contributed by atoms with Gasteiger partial charge in [0, 0.05) is 6.54 Å². The van der Waals surface area contributed by atoms with Gasteiger partial charge in [-0.05, 0) is 6.92 Å². The predicted octanol–water partition coefficient (Wildman–Crippen LogP) is 0.0130. The molecule has 15 heavy (non-hydrogen) atoms. The van der Waals surface area contributed by atoms with Crippen molar-refractivity contribution in [3.8, 4) is 6.07 Å². The summed E-state index contributed by atoms with van der Waals surface area (Å²) >= 11 is 0. The maximum absolute atomic E-state index is 11.5. The van der Waals surface area contributed by atoms with Crippen molar-refractivity contribution in [2.24, 2.45) is 0 Å². The van der Waals surface area contributed by atoms with Gasteiger partial charge in [0.15, 0.2) is 0 Å². The molecule has 0 aliphatic rings. The van der Waals surface area contributed by atoms with Gasteiger partial charge in [-0.3, -0.25) is 4.79 Å². The van der Waals surface area contributed by atoms with Gasteiger partial charge in [-0.25, -0.2) is 9.67 Å². The number of carbonyl (C=O) groups is 1. The van der Waals surface area contributed by atoms with E-state index in [4.69, 9.17) is 5.26 Å². The van der Waals surface area contributed by atoms with Crippen molar-refractivity contribution in [1.82, 2.24) is 20.1 Å². The molecule has 1 aromatic heterocycles. The Kier molecular flexibility index (Phi) is 3.57. The number of hydrogen-bond donors (Lipinski definition) is 1. The first-order valence-corrected chi connectivity index (χ1v) is 4.39. The van der Waals surface area contributed by atoms with Gasteiger partial charge < -0.3 is 5.32 Å². The second-order valence-electron chi connectivity index (χ2n) is 2.87. The normalized spacial score (nSPS) is 11.5. The zero-order valence-corrected chi connectivity index (χ0v) is 8.34. The smallest absolute Gasteiger partial charge is 0.252 e. The van der Waals surface area contributed by atoms with E-state index >= 15 is 0 Å². The molecule has 0 bridgehead atoms. The molecule has 0 aliphatic heterocycles. The SMILES string of the molecule is C=CCNC(=O)C(C)n1cnc(C#N)n1. The lowest BCUT2D eigenvalue weighted by atomic mass is 10.3. The van der Waals surface area contributed by atoms with Crippen LogP contribution in [-0.2, 0) is 4.79 Å². The first kappa shape index (κ1) is 10.9. The Hall–Kier alpha value is -2.16. The van der Waals surface area contributed by atoms with E-state index in [-0.39, 0.29) is 11.7 Å². The van der Waals surface area contributed by atoms with Crippen LogP contribution in [0.4, 0.5) is 0 Å². The molecule has 1 heterocycles. The molecule has 1 N–H and O–H groups in total. The van der Waals surface area contributed by atoms with Crippen LogP contribution in [0.3, 0.4) is 0 Å². The molecule has 1 unspecified atom stereocenters. The minimum Gasteiger partial charge on any atom is -0.351 e. The number of nitrogens with zero attached hydrogens (tertiary/aromatic N) is 4. The molecule has 78 valence electrons. The van der Waals surface area contributed by atoms with Crippen molar-refractivity contribution < 1.29 is 4.79 Å². The number of rotatable bonds is 4. The van der Waals surface area contributed by atoms with E-state index in [0.717, 1.165) is 0 Å². The Bertz CT molecular complexity index is 403. The van der Waals surface area contributed by atoms with Crippen LogP contribution in [0.2, 0.25) is 0 Å². The van der Waals surface area contributed by atoms with Crippen LogP contribution in [0.25, 0.3) is 0 Å². The summed E-state index contributed by atoms with van der Waals surface area (Å²) in [6.45, 7) is 5.57. The van der Waals surface area contributed by atoms with Crippen molar-refractivity contribution in [3.63, 3.8) is 0 Å². The summed E-state index contributed by atoms with van der Waals surface area (Å²) in [4.78, 5) is 15.2. The average molecular weight is 205 g/mol. The summed E-state index contributed by atoms with van der Waals surface area (Å²) in [5.74, 6) is -0.136.